The number of benzene rings is 1. The molecule has 1 aliphatic rings. The SMILES string of the molecule is FC(F)(F)c1cc(SCc2cn3ccccc3n2)nc2cc3c(cc12)OCO3. The molecule has 0 saturated carbocycles. The van der Waals surface area contributed by atoms with E-state index < -0.39 is 11.7 Å². The lowest BCUT2D eigenvalue weighted by atomic mass is 10.1. The van der Waals surface area contributed by atoms with Gasteiger partial charge in [-0.05, 0) is 24.3 Å². The van der Waals surface area contributed by atoms with Gasteiger partial charge >= 0.3 is 6.18 Å². The van der Waals surface area contributed by atoms with Crippen LogP contribution in [0.15, 0.2) is 53.8 Å². The van der Waals surface area contributed by atoms with E-state index in [9.17, 15) is 13.2 Å². The highest BCUT2D eigenvalue weighted by Crippen LogP contribution is 2.42. The second kappa shape index (κ2) is 6.30. The normalized spacial score (nSPS) is 13.5. The summed E-state index contributed by atoms with van der Waals surface area (Å²) >= 11 is 1.21. The Morgan fingerprint density at radius 1 is 1.07 bits per heavy atom. The smallest absolute Gasteiger partial charge is 0.417 e. The number of rotatable bonds is 3. The molecule has 0 amide bonds. The van der Waals surface area contributed by atoms with Gasteiger partial charge < -0.3 is 13.9 Å². The number of nitrogens with zero attached hydrogens (tertiary/aromatic N) is 3. The van der Waals surface area contributed by atoms with Crippen molar-refractivity contribution in [3.8, 4) is 11.5 Å². The van der Waals surface area contributed by atoms with Gasteiger partial charge in [0.05, 0.1) is 21.8 Å². The van der Waals surface area contributed by atoms with Crippen molar-refractivity contribution in [3.05, 3.63) is 60.0 Å². The number of hydrogen-bond acceptors (Lipinski definition) is 5. The summed E-state index contributed by atoms with van der Waals surface area (Å²) in [6.45, 7) is -0.0114. The summed E-state index contributed by atoms with van der Waals surface area (Å²) in [5.74, 6) is 1.10. The minimum Gasteiger partial charge on any atom is -0.454 e. The number of aromatic nitrogens is 3. The fourth-order valence-corrected chi connectivity index (χ4v) is 3.90. The van der Waals surface area contributed by atoms with Crippen LogP contribution in [0.3, 0.4) is 0 Å². The maximum Gasteiger partial charge on any atom is 0.417 e. The molecule has 5 rings (SSSR count). The molecule has 0 unspecified atom stereocenters. The second-order valence-corrected chi connectivity index (χ2v) is 7.21. The van der Waals surface area contributed by atoms with Gasteiger partial charge in [0.15, 0.2) is 11.5 Å². The Balaban J connectivity index is 1.52. The molecule has 0 radical (unpaired) electrons. The molecule has 9 heteroatoms. The zero-order valence-electron chi connectivity index (χ0n) is 14.2. The van der Waals surface area contributed by atoms with E-state index in [0.29, 0.717) is 17.3 Å². The van der Waals surface area contributed by atoms with Crippen LogP contribution in [0.4, 0.5) is 13.2 Å². The van der Waals surface area contributed by atoms with E-state index in [1.807, 2.05) is 35.0 Å². The standard InChI is InChI=1S/C19H12F3N3O2S/c20-19(21,22)13-6-18(24-14-7-16-15(5-12(13)14)26-10-27-16)28-9-11-8-25-4-2-1-3-17(25)23-11/h1-8H,9-10H2. The molecule has 0 fully saturated rings. The number of hydrogen-bond donors (Lipinski definition) is 0. The Bertz CT molecular complexity index is 1170. The highest BCUT2D eigenvalue weighted by Gasteiger charge is 2.34. The van der Waals surface area contributed by atoms with Crippen LogP contribution in [0.2, 0.25) is 0 Å². The van der Waals surface area contributed by atoms with Crippen molar-refractivity contribution in [1.29, 1.82) is 0 Å². The summed E-state index contributed by atoms with van der Waals surface area (Å²) in [5.41, 5.74) is 1.02. The van der Waals surface area contributed by atoms with Crippen molar-refractivity contribution in [3.63, 3.8) is 0 Å². The molecule has 4 heterocycles. The third-order valence-corrected chi connectivity index (χ3v) is 5.31. The van der Waals surface area contributed by atoms with Gasteiger partial charge in [0.1, 0.15) is 5.65 Å². The topological polar surface area (TPSA) is 48.7 Å². The number of thioether (sulfide) groups is 1. The highest BCUT2D eigenvalue weighted by molar-refractivity contribution is 7.98. The van der Waals surface area contributed by atoms with Crippen LogP contribution in [0, 0.1) is 0 Å². The molecule has 0 N–H and O–H groups in total. The summed E-state index contributed by atoms with van der Waals surface area (Å²) in [4.78, 5) is 8.85. The Hall–Kier alpha value is -2.94. The molecule has 0 saturated heterocycles. The Morgan fingerprint density at radius 2 is 1.89 bits per heavy atom. The molecular weight excluding hydrogens is 391 g/mol. The Labute approximate surface area is 161 Å². The largest absolute Gasteiger partial charge is 0.454 e. The number of imidazole rings is 1. The van der Waals surface area contributed by atoms with Crippen molar-refractivity contribution < 1.29 is 22.6 Å². The predicted octanol–water partition coefficient (Wildman–Crippen LogP) is 4.92. The van der Waals surface area contributed by atoms with Crippen LogP contribution >= 0.6 is 11.8 Å². The van der Waals surface area contributed by atoms with Crippen LogP contribution in [-0.4, -0.2) is 21.2 Å². The molecule has 5 nitrogen and oxygen atoms in total. The monoisotopic (exact) mass is 403 g/mol. The lowest BCUT2D eigenvalue weighted by molar-refractivity contribution is -0.136. The molecule has 0 bridgehead atoms. The minimum atomic E-state index is -4.51. The molecule has 142 valence electrons. The number of ether oxygens (including phenoxy) is 2. The Kier molecular flexibility index (Phi) is 3.87. The average Bonchev–Trinajstić information content (AvgIpc) is 3.28. The van der Waals surface area contributed by atoms with E-state index in [4.69, 9.17) is 9.47 Å². The molecule has 0 atom stereocenters. The molecular formula is C19H12F3N3O2S. The second-order valence-electron chi connectivity index (χ2n) is 6.22. The molecule has 28 heavy (non-hydrogen) atoms. The molecule has 0 aliphatic carbocycles. The minimum absolute atomic E-state index is 0.00571. The van der Waals surface area contributed by atoms with Gasteiger partial charge in [0.25, 0.3) is 0 Å². The number of halogens is 3. The van der Waals surface area contributed by atoms with Crippen LogP contribution in [-0.2, 0) is 11.9 Å². The van der Waals surface area contributed by atoms with Gasteiger partial charge in [-0.1, -0.05) is 17.8 Å². The first-order chi connectivity index (χ1) is 13.5. The van der Waals surface area contributed by atoms with E-state index >= 15 is 0 Å². The summed E-state index contributed by atoms with van der Waals surface area (Å²) in [6, 6.07) is 9.53. The molecule has 3 aromatic heterocycles. The lowest BCUT2D eigenvalue weighted by Gasteiger charge is -2.12. The van der Waals surface area contributed by atoms with Gasteiger partial charge in [-0.15, -0.1) is 0 Å². The zero-order valence-corrected chi connectivity index (χ0v) is 15.0. The van der Waals surface area contributed by atoms with E-state index in [-0.39, 0.29) is 22.7 Å². The molecule has 0 spiro atoms. The fraction of sp³-hybridized carbons (Fsp3) is 0.158. The van der Waals surface area contributed by atoms with Crippen LogP contribution in [0.25, 0.3) is 16.6 Å². The first-order valence-corrected chi connectivity index (χ1v) is 9.33. The van der Waals surface area contributed by atoms with Crippen LogP contribution < -0.4 is 9.47 Å². The first-order valence-electron chi connectivity index (χ1n) is 8.34. The quantitative estimate of drug-likeness (QED) is 0.455. The summed E-state index contributed by atoms with van der Waals surface area (Å²) in [5, 5.41) is 0.268. The maximum atomic E-state index is 13.6. The number of pyridine rings is 2. The number of fused-ring (bicyclic) bond motifs is 3. The fourth-order valence-electron chi connectivity index (χ4n) is 3.10. The summed E-state index contributed by atoms with van der Waals surface area (Å²) < 4.78 is 53.2. The predicted molar refractivity (Wildman–Crippen MR) is 97.6 cm³/mol. The third kappa shape index (κ3) is 3.01. The Morgan fingerprint density at radius 3 is 2.68 bits per heavy atom. The molecule has 1 aromatic carbocycles. The molecule has 1 aliphatic heterocycles. The summed E-state index contributed by atoms with van der Waals surface area (Å²) in [7, 11) is 0. The van der Waals surface area contributed by atoms with Crippen LogP contribution in [0.5, 0.6) is 11.5 Å². The maximum absolute atomic E-state index is 13.6. The zero-order chi connectivity index (χ0) is 19.3. The third-order valence-electron chi connectivity index (χ3n) is 4.37. The number of alkyl halides is 3. The van der Waals surface area contributed by atoms with Crippen molar-refractivity contribution in [1.82, 2.24) is 14.4 Å². The van der Waals surface area contributed by atoms with Crippen molar-refractivity contribution in [2.24, 2.45) is 0 Å². The summed E-state index contributed by atoms with van der Waals surface area (Å²) in [6.07, 6.45) is -0.783. The van der Waals surface area contributed by atoms with E-state index in [0.717, 1.165) is 17.4 Å². The van der Waals surface area contributed by atoms with Crippen LogP contribution in [0.1, 0.15) is 11.3 Å². The van der Waals surface area contributed by atoms with Gasteiger partial charge in [-0.25, -0.2) is 9.97 Å². The van der Waals surface area contributed by atoms with Gasteiger partial charge in [-0.2, -0.15) is 13.2 Å². The molecule has 4 aromatic rings. The first kappa shape index (κ1) is 17.2. The van der Waals surface area contributed by atoms with Crippen molar-refractivity contribution in [2.45, 2.75) is 17.0 Å². The van der Waals surface area contributed by atoms with Crippen molar-refractivity contribution >= 4 is 28.3 Å². The van der Waals surface area contributed by atoms with Crippen molar-refractivity contribution in [2.75, 3.05) is 6.79 Å². The van der Waals surface area contributed by atoms with E-state index in [2.05, 4.69) is 9.97 Å². The van der Waals surface area contributed by atoms with E-state index in [1.54, 1.807) is 0 Å². The lowest BCUT2D eigenvalue weighted by Crippen LogP contribution is -2.07. The highest BCUT2D eigenvalue weighted by atomic mass is 32.2. The average molecular weight is 403 g/mol. The van der Waals surface area contributed by atoms with Gasteiger partial charge in [-0.3, -0.25) is 0 Å². The van der Waals surface area contributed by atoms with E-state index in [1.165, 1.54) is 23.9 Å². The van der Waals surface area contributed by atoms with Gasteiger partial charge in [0.2, 0.25) is 6.79 Å². The van der Waals surface area contributed by atoms with Gasteiger partial charge in [0, 0.05) is 29.6 Å².